The highest BCUT2D eigenvalue weighted by Crippen LogP contribution is 2.56. The van der Waals surface area contributed by atoms with Crippen LogP contribution in [-0.4, -0.2) is 50.9 Å². The Bertz CT molecular complexity index is 730. The minimum Gasteiger partial charge on any atom is -0.351 e. The molecule has 2 aliphatic heterocycles. The van der Waals surface area contributed by atoms with E-state index in [1.165, 1.54) is 32.0 Å². The predicted molar refractivity (Wildman–Crippen MR) is 95.4 cm³/mol. The van der Waals surface area contributed by atoms with E-state index in [0.29, 0.717) is 30.8 Å². The zero-order valence-corrected chi connectivity index (χ0v) is 15.7. The minimum atomic E-state index is -4.35. The fraction of sp³-hybridized carbons (Fsp3) is 0.842. The highest BCUT2D eigenvalue weighted by Gasteiger charge is 2.56. The Hall–Kier alpha value is -1.80. The molecule has 1 N–H and O–H groups in total. The average molecular weight is 397 g/mol. The van der Waals surface area contributed by atoms with E-state index in [4.69, 9.17) is 0 Å². The van der Waals surface area contributed by atoms with Gasteiger partial charge in [0.05, 0.1) is 0 Å². The number of fused-ring (bicyclic) bond motifs is 2. The lowest BCUT2D eigenvalue weighted by Gasteiger charge is -2.40. The second kappa shape index (κ2) is 6.62. The van der Waals surface area contributed by atoms with E-state index >= 15 is 0 Å². The largest absolute Gasteiger partial charge is 0.411 e. The van der Waals surface area contributed by atoms with Crippen LogP contribution in [0, 0.1) is 23.7 Å². The fourth-order valence-corrected chi connectivity index (χ4v) is 5.82. The van der Waals surface area contributed by atoms with Gasteiger partial charge in [-0.05, 0) is 49.9 Å². The maximum absolute atomic E-state index is 13.5. The number of carbonyl (C=O) groups is 1. The standard InChI is InChI=1S/C19H26F3N5O/c20-19(21,22)15-9-14(25-18-23-10-24-27(15)18)11-5-7-26(8-6-11)17(28)16-12-3-1-2-4-13(12)16/h10-16H,1-9H2,(H,23,24,25)/t12-,13-,14-,15+/m0/s1. The third-order valence-electron chi connectivity index (χ3n) is 7.40. The molecule has 3 heterocycles. The topological polar surface area (TPSA) is 63.1 Å². The molecule has 1 aromatic heterocycles. The molecule has 5 rings (SSSR count). The number of anilines is 1. The SMILES string of the molecule is O=C(C1[C@H]2CCCC[C@H]12)N1CCC([C@@H]2C[C@H](C(F)(F)F)n3ncnc3N2)CC1. The Morgan fingerprint density at radius 1 is 1.11 bits per heavy atom. The number of alkyl halides is 3. The van der Waals surface area contributed by atoms with Crippen molar-refractivity contribution < 1.29 is 18.0 Å². The summed E-state index contributed by atoms with van der Waals surface area (Å²) in [6, 6.07) is -1.92. The van der Waals surface area contributed by atoms with Gasteiger partial charge in [-0.2, -0.15) is 23.3 Å². The monoisotopic (exact) mass is 397 g/mol. The normalized spacial score (nSPS) is 35.7. The number of piperidine rings is 1. The van der Waals surface area contributed by atoms with E-state index in [1.54, 1.807) is 0 Å². The molecule has 28 heavy (non-hydrogen) atoms. The van der Waals surface area contributed by atoms with Crippen molar-refractivity contribution in [1.29, 1.82) is 0 Å². The summed E-state index contributed by atoms with van der Waals surface area (Å²) in [6.45, 7) is 1.31. The first-order valence-corrected chi connectivity index (χ1v) is 10.4. The highest BCUT2D eigenvalue weighted by molar-refractivity contribution is 5.82. The Morgan fingerprint density at radius 3 is 2.43 bits per heavy atom. The first-order chi connectivity index (χ1) is 13.4. The van der Waals surface area contributed by atoms with Crippen molar-refractivity contribution >= 4 is 11.9 Å². The zero-order chi connectivity index (χ0) is 19.5. The Kier molecular flexibility index (Phi) is 4.32. The maximum Gasteiger partial charge on any atom is 0.411 e. The lowest BCUT2D eigenvalue weighted by atomic mass is 9.85. The molecule has 1 saturated heterocycles. The number of hydrogen-bond donors (Lipinski definition) is 1. The van der Waals surface area contributed by atoms with Gasteiger partial charge in [-0.3, -0.25) is 4.79 Å². The second-order valence-electron chi connectivity index (χ2n) is 8.87. The lowest BCUT2D eigenvalue weighted by Crippen LogP contribution is -2.47. The number of nitrogens with one attached hydrogen (secondary N) is 1. The summed E-state index contributed by atoms with van der Waals surface area (Å²) in [5.41, 5.74) is 0. The van der Waals surface area contributed by atoms with Gasteiger partial charge in [-0.25, -0.2) is 4.68 Å². The molecular formula is C19H26F3N5O. The van der Waals surface area contributed by atoms with Crippen LogP contribution in [-0.2, 0) is 4.79 Å². The van der Waals surface area contributed by atoms with Gasteiger partial charge in [0.15, 0.2) is 6.04 Å². The molecule has 1 aromatic rings. The van der Waals surface area contributed by atoms with E-state index in [2.05, 4.69) is 15.4 Å². The van der Waals surface area contributed by atoms with Crippen molar-refractivity contribution in [2.45, 2.75) is 63.2 Å². The van der Waals surface area contributed by atoms with Crippen molar-refractivity contribution in [3.8, 4) is 0 Å². The third-order valence-corrected chi connectivity index (χ3v) is 7.40. The van der Waals surface area contributed by atoms with Crippen LogP contribution >= 0.6 is 0 Å². The number of nitrogens with zero attached hydrogens (tertiary/aromatic N) is 4. The predicted octanol–water partition coefficient (Wildman–Crippen LogP) is 3.24. The van der Waals surface area contributed by atoms with Crippen LogP contribution in [0.4, 0.5) is 19.1 Å². The molecule has 2 aliphatic carbocycles. The summed E-state index contributed by atoms with van der Waals surface area (Å²) in [4.78, 5) is 18.8. The molecule has 0 unspecified atom stereocenters. The second-order valence-corrected chi connectivity index (χ2v) is 8.87. The molecule has 3 fully saturated rings. The molecule has 0 bridgehead atoms. The number of amides is 1. The zero-order valence-electron chi connectivity index (χ0n) is 15.7. The molecule has 2 saturated carbocycles. The third kappa shape index (κ3) is 3.06. The average Bonchev–Trinajstić information content (AvgIpc) is 3.22. The van der Waals surface area contributed by atoms with Crippen LogP contribution in [0.25, 0.3) is 0 Å². The van der Waals surface area contributed by atoms with Crippen LogP contribution in [0.1, 0.15) is 51.0 Å². The molecule has 9 heteroatoms. The van der Waals surface area contributed by atoms with Gasteiger partial charge >= 0.3 is 6.18 Å². The summed E-state index contributed by atoms with van der Waals surface area (Å²) in [6.07, 6.45) is 3.12. The lowest BCUT2D eigenvalue weighted by molar-refractivity contribution is -0.174. The van der Waals surface area contributed by atoms with Crippen molar-refractivity contribution in [3.05, 3.63) is 6.33 Å². The quantitative estimate of drug-likeness (QED) is 0.832. The van der Waals surface area contributed by atoms with Gasteiger partial charge in [-0.1, -0.05) is 12.8 Å². The molecule has 154 valence electrons. The fourth-order valence-electron chi connectivity index (χ4n) is 5.82. The van der Waals surface area contributed by atoms with Crippen LogP contribution in [0.5, 0.6) is 0 Å². The molecule has 4 atom stereocenters. The van der Waals surface area contributed by atoms with Gasteiger partial charge < -0.3 is 10.2 Å². The summed E-state index contributed by atoms with van der Waals surface area (Å²) >= 11 is 0. The molecular weight excluding hydrogens is 371 g/mol. The Balaban J connectivity index is 1.21. The van der Waals surface area contributed by atoms with Crippen LogP contribution < -0.4 is 5.32 Å². The Labute approximate surface area is 161 Å². The summed E-state index contributed by atoms with van der Waals surface area (Å²) in [5, 5.41) is 6.91. The Morgan fingerprint density at radius 2 is 1.79 bits per heavy atom. The molecule has 0 radical (unpaired) electrons. The van der Waals surface area contributed by atoms with Gasteiger partial charge in [0.1, 0.15) is 6.33 Å². The molecule has 4 aliphatic rings. The van der Waals surface area contributed by atoms with Crippen LogP contribution in [0.15, 0.2) is 6.33 Å². The van der Waals surface area contributed by atoms with Crippen molar-refractivity contribution in [2.24, 2.45) is 23.7 Å². The molecule has 0 aromatic carbocycles. The van der Waals surface area contributed by atoms with E-state index < -0.39 is 12.2 Å². The van der Waals surface area contributed by atoms with Gasteiger partial charge in [0.25, 0.3) is 0 Å². The number of hydrogen-bond acceptors (Lipinski definition) is 4. The number of carbonyl (C=O) groups excluding carboxylic acids is 1. The van der Waals surface area contributed by atoms with Gasteiger partial charge in [0.2, 0.25) is 11.9 Å². The summed E-state index contributed by atoms with van der Waals surface area (Å²) in [7, 11) is 0. The smallest absolute Gasteiger partial charge is 0.351 e. The maximum atomic E-state index is 13.5. The highest BCUT2D eigenvalue weighted by atomic mass is 19.4. The number of halogens is 3. The van der Waals surface area contributed by atoms with Crippen LogP contribution in [0.2, 0.25) is 0 Å². The molecule has 0 spiro atoms. The molecule has 1 amide bonds. The number of aromatic nitrogens is 3. The van der Waals surface area contributed by atoms with Crippen LogP contribution in [0.3, 0.4) is 0 Å². The van der Waals surface area contributed by atoms with E-state index in [9.17, 15) is 18.0 Å². The molecule has 6 nitrogen and oxygen atoms in total. The number of rotatable bonds is 2. The van der Waals surface area contributed by atoms with E-state index in [1.807, 2.05) is 4.90 Å². The number of likely N-dealkylation sites (tertiary alicyclic amines) is 1. The van der Waals surface area contributed by atoms with Crippen molar-refractivity contribution in [3.63, 3.8) is 0 Å². The van der Waals surface area contributed by atoms with Gasteiger partial charge in [0, 0.05) is 25.0 Å². The summed E-state index contributed by atoms with van der Waals surface area (Å²) in [5.74, 6) is 2.01. The first kappa shape index (κ1) is 18.2. The van der Waals surface area contributed by atoms with Crippen molar-refractivity contribution in [1.82, 2.24) is 19.7 Å². The summed E-state index contributed by atoms with van der Waals surface area (Å²) < 4.78 is 41.4. The van der Waals surface area contributed by atoms with Crippen molar-refractivity contribution in [2.75, 3.05) is 18.4 Å². The van der Waals surface area contributed by atoms with E-state index in [0.717, 1.165) is 17.5 Å². The minimum absolute atomic E-state index is 0.0365. The van der Waals surface area contributed by atoms with E-state index in [-0.39, 0.29) is 30.2 Å². The first-order valence-electron chi connectivity index (χ1n) is 10.4. The van der Waals surface area contributed by atoms with Gasteiger partial charge in [-0.15, -0.1) is 0 Å².